The van der Waals surface area contributed by atoms with Crippen LogP contribution in [0.3, 0.4) is 0 Å². The van der Waals surface area contributed by atoms with Gasteiger partial charge >= 0.3 is 0 Å². The molecule has 1 N–H and O–H groups in total. The predicted molar refractivity (Wildman–Crippen MR) is 124 cm³/mol. The second-order valence-corrected chi connectivity index (χ2v) is 6.61. The molecular weight excluding hydrogens is 463 g/mol. The van der Waals surface area contributed by atoms with Gasteiger partial charge in [-0.1, -0.05) is 36.4 Å². The van der Waals surface area contributed by atoms with Crippen LogP contribution in [0.25, 0.3) is 5.82 Å². The van der Waals surface area contributed by atoms with E-state index in [9.17, 15) is 0 Å². The molecule has 0 radical (unpaired) electrons. The number of halogens is 1. The van der Waals surface area contributed by atoms with Crippen LogP contribution in [0, 0.1) is 13.8 Å². The number of hydrogen-bond acceptors (Lipinski definition) is 3. The highest BCUT2D eigenvalue weighted by Gasteiger charge is 2.08. The van der Waals surface area contributed by atoms with Crippen LogP contribution in [0.2, 0.25) is 0 Å². The van der Waals surface area contributed by atoms with E-state index in [4.69, 9.17) is 0 Å². The summed E-state index contributed by atoms with van der Waals surface area (Å²) in [5, 5.41) is 7.87. The summed E-state index contributed by atoms with van der Waals surface area (Å²) in [4.78, 5) is 11.0. The molecule has 7 heteroatoms. The van der Waals surface area contributed by atoms with Crippen molar-refractivity contribution in [2.24, 2.45) is 4.99 Å². The molecule has 148 valence electrons. The van der Waals surface area contributed by atoms with Gasteiger partial charge < -0.3 is 10.2 Å². The molecule has 0 fully saturated rings. The summed E-state index contributed by atoms with van der Waals surface area (Å²) in [5.41, 5.74) is 4.41. The summed E-state index contributed by atoms with van der Waals surface area (Å²) in [5.74, 6) is 1.68. The molecule has 2 heterocycles. The van der Waals surface area contributed by atoms with Crippen LogP contribution in [-0.4, -0.2) is 39.7 Å². The van der Waals surface area contributed by atoms with Crippen LogP contribution in [0.15, 0.2) is 59.7 Å². The van der Waals surface area contributed by atoms with Crippen molar-refractivity contribution in [3.05, 3.63) is 77.2 Å². The first-order valence-corrected chi connectivity index (χ1v) is 9.01. The first-order chi connectivity index (χ1) is 13.1. The van der Waals surface area contributed by atoms with Gasteiger partial charge in [0.05, 0.1) is 5.69 Å². The molecule has 0 aliphatic rings. The first kappa shape index (κ1) is 21.9. The van der Waals surface area contributed by atoms with E-state index in [1.807, 2.05) is 50.0 Å². The number of aromatic nitrogens is 3. The molecule has 1 aromatic carbocycles. The summed E-state index contributed by atoms with van der Waals surface area (Å²) < 4.78 is 1.86. The monoisotopic (exact) mass is 490 g/mol. The minimum atomic E-state index is 0. The average molecular weight is 490 g/mol. The van der Waals surface area contributed by atoms with Gasteiger partial charge in [-0.25, -0.2) is 9.67 Å². The summed E-state index contributed by atoms with van der Waals surface area (Å²) in [7, 11) is 3.83. The maximum Gasteiger partial charge on any atom is 0.193 e. The lowest BCUT2D eigenvalue weighted by atomic mass is 10.2. The fourth-order valence-electron chi connectivity index (χ4n) is 3.01. The number of aryl methyl sites for hydroxylation is 2. The second kappa shape index (κ2) is 10.2. The fourth-order valence-corrected chi connectivity index (χ4v) is 3.01. The van der Waals surface area contributed by atoms with E-state index in [-0.39, 0.29) is 24.0 Å². The van der Waals surface area contributed by atoms with E-state index in [2.05, 4.69) is 55.6 Å². The lowest BCUT2D eigenvalue weighted by Gasteiger charge is -2.22. The third kappa shape index (κ3) is 5.54. The Bertz CT molecular complexity index is 902. The molecule has 0 saturated carbocycles. The number of pyridine rings is 1. The minimum Gasteiger partial charge on any atom is -0.352 e. The van der Waals surface area contributed by atoms with E-state index in [0.29, 0.717) is 6.54 Å². The Labute approximate surface area is 183 Å². The standard InChI is InChI=1S/C21H26N6.HI/c1-16-12-17(2)27(25-16)20-11-10-19(13-23-20)14-24-21(22-3)26(4)15-18-8-6-5-7-9-18;/h5-13H,14-15H2,1-4H3,(H,22,24);1H. The number of aliphatic imine (C=N–C) groups is 1. The van der Waals surface area contributed by atoms with Gasteiger partial charge in [-0.15, -0.1) is 24.0 Å². The normalized spacial score (nSPS) is 11.1. The van der Waals surface area contributed by atoms with E-state index < -0.39 is 0 Å². The molecular formula is C21H27IN6. The number of guanidine groups is 1. The fraction of sp³-hybridized carbons (Fsp3) is 0.286. The smallest absolute Gasteiger partial charge is 0.193 e. The van der Waals surface area contributed by atoms with Crippen LogP contribution in [0.4, 0.5) is 0 Å². The molecule has 0 atom stereocenters. The molecule has 0 amide bonds. The van der Waals surface area contributed by atoms with Crippen LogP contribution in [0.5, 0.6) is 0 Å². The number of nitrogens with zero attached hydrogens (tertiary/aromatic N) is 5. The van der Waals surface area contributed by atoms with Gasteiger partial charge in [-0.2, -0.15) is 5.10 Å². The molecule has 0 spiro atoms. The predicted octanol–water partition coefficient (Wildman–Crippen LogP) is 3.71. The van der Waals surface area contributed by atoms with Crippen LogP contribution < -0.4 is 5.32 Å². The molecule has 2 aromatic heterocycles. The highest BCUT2D eigenvalue weighted by Crippen LogP contribution is 2.10. The Balaban J connectivity index is 0.00000280. The van der Waals surface area contributed by atoms with Gasteiger partial charge in [-0.3, -0.25) is 4.99 Å². The van der Waals surface area contributed by atoms with E-state index >= 15 is 0 Å². The van der Waals surface area contributed by atoms with Crippen LogP contribution in [-0.2, 0) is 13.1 Å². The second-order valence-electron chi connectivity index (χ2n) is 6.61. The maximum absolute atomic E-state index is 4.55. The maximum atomic E-state index is 4.55. The van der Waals surface area contributed by atoms with Crippen molar-refractivity contribution in [2.75, 3.05) is 14.1 Å². The van der Waals surface area contributed by atoms with Gasteiger partial charge in [0.2, 0.25) is 0 Å². The van der Waals surface area contributed by atoms with Crippen molar-refractivity contribution in [1.82, 2.24) is 25.0 Å². The molecule has 0 aliphatic carbocycles. The third-order valence-corrected chi connectivity index (χ3v) is 4.32. The first-order valence-electron chi connectivity index (χ1n) is 9.01. The Morgan fingerprint density at radius 1 is 1.11 bits per heavy atom. The SMILES string of the molecule is CN=C(NCc1ccc(-n2nc(C)cc2C)nc1)N(C)Cc1ccccc1.I. The van der Waals surface area contributed by atoms with E-state index in [0.717, 1.165) is 35.3 Å². The van der Waals surface area contributed by atoms with Gasteiger partial charge in [0.1, 0.15) is 0 Å². The summed E-state index contributed by atoms with van der Waals surface area (Å²) >= 11 is 0. The minimum absolute atomic E-state index is 0. The molecule has 0 bridgehead atoms. The van der Waals surface area contributed by atoms with Crippen molar-refractivity contribution < 1.29 is 0 Å². The lowest BCUT2D eigenvalue weighted by Crippen LogP contribution is -2.38. The summed E-state index contributed by atoms with van der Waals surface area (Å²) in [6.45, 7) is 5.48. The largest absolute Gasteiger partial charge is 0.352 e. The van der Waals surface area contributed by atoms with Crippen molar-refractivity contribution >= 4 is 29.9 Å². The Kier molecular flexibility index (Phi) is 7.98. The van der Waals surface area contributed by atoms with E-state index in [1.165, 1.54) is 5.56 Å². The highest BCUT2D eigenvalue weighted by atomic mass is 127. The van der Waals surface area contributed by atoms with Gasteiger partial charge in [0.15, 0.2) is 11.8 Å². The van der Waals surface area contributed by atoms with Crippen molar-refractivity contribution in [2.45, 2.75) is 26.9 Å². The Morgan fingerprint density at radius 3 is 2.43 bits per heavy atom. The summed E-state index contributed by atoms with van der Waals surface area (Å²) in [6.07, 6.45) is 1.88. The van der Waals surface area contributed by atoms with E-state index in [1.54, 1.807) is 7.05 Å². The lowest BCUT2D eigenvalue weighted by molar-refractivity contribution is 0.476. The van der Waals surface area contributed by atoms with Crippen molar-refractivity contribution in [1.29, 1.82) is 0 Å². The molecule has 6 nitrogen and oxygen atoms in total. The molecule has 0 saturated heterocycles. The van der Waals surface area contributed by atoms with Crippen LogP contribution in [0.1, 0.15) is 22.5 Å². The van der Waals surface area contributed by atoms with Crippen molar-refractivity contribution in [3.63, 3.8) is 0 Å². The van der Waals surface area contributed by atoms with Crippen molar-refractivity contribution in [3.8, 4) is 5.82 Å². The average Bonchev–Trinajstić information content (AvgIpc) is 3.01. The van der Waals surface area contributed by atoms with Gasteiger partial charge in [0, 0.05) is 39.1 Å². The highest BCUT2D eigenvalue weighted by molar-refractivity contribution is 14.0. The number of benzene rings is 1. The number of nitrogens with one attached hydrogen (secondary N) is 1. The summed E-state index contributed by atoms with van der Waals surface area (Å²) in [6, 6.07) is 16.5. The zero-order chi connectivity index (χ0) is 19.2. The molecule has 28 heavy (non-hydrogen) atoms. The van der Waals surface area contributed by atoms with Gasteiger partial charge in [-0.05, 0) is 37.1 Å². The number of hydrogen-bond donors (Lipinski definition) is 1. The molecule has 0 unspecified atom stereocenters. The quantitative estimate of drug-likeness (QED) is 0.337. The van der Waals surface area contributed by atoms with Crippen LogP contribution >= 0.6 is 24.0 Å². The number of rotatable bonds is 5. The Hall–Kier alpha value is -2.42. The zero-order valence-electron chi connectivity index (χ0n) is 16.8. The molecule has 3 rings (SSSR count). The Morgan fingerprint density at radius 2 is 1.86 bits per heavy atom. The zero-order valence-corrected chi connectivity index (χ0v) is 19.1. The molecule has 3 aromatic rings. The van der Waals surface area contributed by atoms with Gasteiger partial charge in [0.25, 0.3) is 0 Å². The topological polar surface area (TPSA) is 58.3 Å². The third-order valence-electron chi connectivity index (χ3n) is 4.32. The molecule has 0 aliphatic heterocycles.